The minimum Gasteiger partial charge on any atom is -0.497 e. The van der Waals surface area contributed by atoms with Gasteiger partial charge in [0.15, 0.2) is 0 Å². The summed E-state index contributed by atoms with van der Waals surface area (Å²) in [6.07, 6.45) is 3.75. The fourth-order valence-corrected chi connectivity index (χ4v) is 3.21. The molecule has 0 aromatic heterocycles. The maximum Gasteiger partial charge on any atom is 0.240 e. The Kier molecular flexibility index (Phi) is 10.7. The third-order valence-corrected chi connectivity index (χ3v) is 4.93. The number of hydrazone groups is 2. The molecule has 0 aliphatic heterocycles. The zero-order chi connectivity index (χ0) is 22.3. The van der Waals surface area contributed by atoms with Crippen LogP contribution in [-0.4, -0.2) is 50.0 Å². The van der Waals surface area contributed by atoms with E-state index >= 15 is 0 Å². The van der Waals surface area contributed by atoms with Crippen LogP contribution in [0.4, 0.5) is 0 Å². The molecule has 2 amide bonds. The van der Waals surface area contributed by atoms with Crippen LogP contribution in [-0.2, 0) is 9.59 Å². The maximum atomic E-state index is 11.8. The highest BCUT2D eigenvalue weighted by Crippen LogP contribution is 2.11. The van der Waals surface area contributed by atoms with Gasteiger partial charge in [-0.15, -0.1) is 0 Å². The molecular formula is C22H26N4O4S. The molecule has 8 nitrogen and oxygen atoms in total. The number of carbonyl (C=O) groups excluding carboxylic acids is 2. The lowest BCUT2D eigenvalue weighted by Gasteiger charge is -2.02. The molecule has 0 radical (unpaired) electrons. The van der Waals surface area contributed by atoms with Gasteiger partial charge in [-0.25, -0.2) is 10.9 Å². The Morgan fingerprint density at radius 2 is 1.29 bits per heavy atom. The number of nitrogens with one attached hydrogen (secondary N) is 2. The van der Waals surface area contributed by atoms with Gasteiger partial charge in [0.25, 0.3) is 0 Å². The van der Waals surface area contributed by atoms with Gasteiger partial charge in [-0.05, 0) is 35.4 Å². The Balaban J connectivity index is 1.56. The second-order valence-corrected chi connectivity index (χ2v) is 7.48. The molecule has 2 aromatic carbocycles. The summed E-state index contributed by atoms with van der Waals surface area (Å²) < 4.78 is 10.3. The topological polar surface area (TPSA) is 101 Å². The molecule has 0 bridgehead atoms. The first kappa shape index (κ1) is 23.9. The van der Waals surface area contributed by atoms with Gasteiger partial charge in [0.2, 0.25) is 11.8 Å². The van der Waals surface area contributed by atoms with Crippen LogP contribution >= 0.6 is 11.8 Å². The predicted octanol–water partition coefficient (Wildman–Crippen LogP) is 2.82. The quantitative estimate of drug-likeness (QED) is 0.299. The SMILES string of the molecule is COc1cccc(C=NNC(=O)CCSCCC(=O)NN=Cc2cccc(OC)c2)c1. The second kappa shape index (κ2) is 13.8. The van der Waals surface area contributed by atoms with E-state index in [2.05, 4.69) is 21.1 Å². The van der Waals surface area contributed by atoms with E-state index in [4.69, 9.17) is 9.47 Å². The zero-order valence-electron chi connectivity index (χ0n) is 17.5. The van der Waals surface area contributed by atoms with Crippen LogP contribution in [0.25, 0.3) is 0 Å². The van der Waals surface area contributed by atoms with Crippen molar-refractivity contribution in [1.29, 1.82) is 0 Å². The number of rotatable bonds is 12. The summed E-state index contributed by atoms with van der Waals surface area (Å²) in [5.74, 6) is 2.28. The van der Waals surface area contributed by atoms with Crippen molar-refractivity contribution in [2.24, 2.45) is 10.2 Å². The zero-order valence-corrected chi connectivity index (χ0v) is 18.4. The van der Waals surface area contributed by atoms with Crippen molar-refractivity contribution in [3.63, 3.8) is 0 Å². The number of carbonyl (C=O) groups is 2. The van der Waals surface area contributed by atoms with Crippen LogP contribution in [0.2, 0.25) is 0 Å². The minimum absolute atomic E-state index is 0.181. The molecule has 2 rings (SSSR count). The molecule has 2 N–H and O–H groups in total. The van der Waals surface area contributed by atoms with Crippen molar-refractivity contribution in [3.8, 4) is 11.5 Å². The smallest absolute Gasteiger partial charge is 0.240 e. The standard InChI is InChI=1S/C22H26N4O4S/c1-29-19-7-3-5-17(13-19)15-23-25-21(27)9-11-31-12-10-22(28)26-24-16-18-6-4-8-20(14-18)30-2/h3-8,13-16H,9-12H2,1-2H3,(H,25,27)(H,26,28). The van der Waals surface area contributed by atoms with E-state index in [-0.39, 0.29) is 11.8 Å². The van der Waals surface area contributed by atoms with E-state index in [0.717, 1.165) is 22.6 Å². The molecule has 31 heavy (non-hydrogen) atoms. The van der Waals surface area contributed by atoms with Gasteiger partial charge >= 0.3 is 0 Å². The average molecular weight is 443 g/mol. The third-order valence-electron chi connectivity index (χ3n) is 3.94. The molecule has 0 heterocycles. The number of hydrogen-bond donors (Lipinski definition) is 2. The van der Waals surface area contributed by atoms with Gasteiger partial charge in [-0.3, -0.25) is 9.59 Å². The first-order valence-corrected chi connectivity index (χ1v) is 10.8. The Hall–Kier alpha value is -3.33. The van der Waals surface area contributed by atoms with Crippen LogP contribution in [0.3, 0.4) is 0 Å². The van der Waals surface area contributed by atoms with Crippen LogP contribution in [0.15, 0.2) is 58.7 Å². The van der Waals surface area contributed by atoms with Gasteiger partial charge in [0.1, 0.15) is 11.5 Å². The summed E-state index contributed by atoms with van der Waals surface area (Å²) in [5, 5.41) is 7.87. The molecule has 0 saturated heterocycles. The molecule has 9 heteroatoms. The Morgan fingerprint density at radius 3 is 1.71 bits per heavy atom. The maximum absolute atomic E-state index is 11.8. The van der Waals surface area contributed by atoms with Gasteiger partial charge < -0.3 is 9.47 Å². The fraction of sp³-hybridized carbons (Fsp3) is 0.273. The van der Waals surface area contributed by atoms with Crippen molar-refractivity contribution in [3.05, 3.63) is 59.7 Å². The molecule has 0 aliphatic rings. The number of ether oxygens (including phenoxy) is 2. The minimum atomic E-state index is -0.181. The normalized spacial score (nSPS) is 10.9. The largest absolute Gasteiger partial charge is 0.497 e. The average Bonchev–Trinajstić information content (AvgIpc) is 2.79. The number of nitrogens with zero attached hydrogens (tertiary/aromatic N) is 2. The number of thioether (sulfide) groups is 1. The van der Waals surface area contributed by atoms with Crippen LogP contribution in [0, 0.1) is 0 Å². The second-order valence-electron chi connectivity index (χ2n) is 6.25. The van der Waals surface area contributed by atoms with E-state index in [1.165, 1.54) is 11.8 Å². The van der Waals surface area contributed by atoms with Crippen molar-refractivity contribution >= 4 is 36.0 Å². The number of hydrogen-bond acceptors (Lipinski definition) is 7. The predicted molar refractivity (Wildman–Crippen MR) is 124 cm³/mol. The summed E-state index contributed by atoms with van der Waals surface area (Å²) >= 11 is 1.52. The number of amides is 2. The van der Waals surface area contributed by atoms with E-state index in [1.54, 1.807) is 26.6 Å². The van der Waals surface area contributed by atoms with E-state index in [1.807, 2.05) is 48.5 Å². The molecule has 0 spiro atoms. The van der Waals surface area contributed by atoms with Crippen molar-refractivity contribution in [2.75, 3.05) is 25.7 Å². The first-order valence-electron chi connectivity index (χ1n) is 9.60. The molecular weight excluding hydrogens is 416 g/mol. The molecule has 0 unspecified atom stereocenters. The highest BCUT2D eigenvalue weighted by atomic mass is 32.2. The molecule has 2 aromatic rings. The van der Waals surface area contributed by atoms with Crippen molar-refractivity contribution in [1.82, 2.24) is 10.9 Å². The van der Waals surface area contributed by atoms with Gasteiger partial charge in [-0.2, -0.15) is 22.0 Å². The van der Waals surface area contributed by atoms with E-state index in [9.17, 15) is 9.59 Å². The van der Waals surface area contributed by atoms with Gasteiger partial charge in [0.05, 0.1) is 26.6 Å². The molecule has 0 atom stereocenters. The molecule has 0 aliphatic carbocycles. The van der Waals surface area contributed by atoms with Crippen LogP contribution in [0.1, 0.15) is 24.0 Å². The van der Waals surface area contributed by atoms with Crippen molar-refractivity contribution in [2.45, 2.75) is 12.8 Å². The van der Waals surface area contributed by atoms with Gasteiger partial charge in [-0.1, -0.05) is 24.3 Å². The fourth-order valence-electron chi connectivity index (χ4n) is 2.34. The number of benzene rings is 2. The molecule has 0 fully saturated rings. The summed E-state index contributed by atoms with van der Waals surface area (Å²) in [6.45, 7) is 0. The summed E-state index contributed by atoms with van der Waals surface area (Å²) in [6, 6.07) is 14.7. The number of methoxy groups -OCH3 is 2. The highest BCUT2D eigenvalue weighted by molar-refractivity contribution is 7.99. The first-order chi connectivity index (χ1) is 15.1. The lowest BCUT2D eigenvalue weighted by molar-refractivity contribution is -0.121. The van der Waals surface area contributed by atoms with Crippen LogP contribution in [0.5, 0.6) is 11.5 Å². The summed E-state index contributed by atoms with van der Waals surface area (Å²) in [4.78, 5) is 23.6. The Morgan fingerprint density at radius 1 is 0.839 bits per heavy atom. The Bertz CT molecular complexity index is 844. The lowest BCUT2D eigenvalue weighted by atomic mass is 10.2. The molecule has 164 valence electrons. The van der Waals surface area contributed by atoms with Crippen molar-refractivity contribution < 1.29 is 19.1 Å². The summed E-state index contributed by atoms with van der Waals surface area (Å²) in [5.41, 5.74) is 6.63. The third kappa shape index (κ3) is 9.81. The van der Waals surface area contributed by atoms with Crippen LogP contribution < -0.4 is 20.3 Å². The van der Waals surface area contributed by atoms with E-state index in [0.29, 0.717) is 24.3 Å². The monoisotopic (exact) mass is 442 g/mol. The highest BCUT2D eigenvalue weighted by Gasteiger charge is 2.03. The molecule has 0 saturated carbocycles. The lowest BCUT2D eigenvalue weighted by Crippen LogP contribution is -2.19. The van der Waals surface area contributed by atoms with Gasteiger partial charge in [0, 0.05) is 24.3 Å². The van der Waals surface area contributed by atoms with E-state index < -0.39 is 0 Å². The summed E-state index contributed by atoms with van der Waals surface area (Å²) in [7, 11) is 3.18. The Labute approximate surface area is 186 Å².